The highest BCUT2D eigenvalue weighted by molar-refractivity contribution is 5.71. The number of carboxylic acids is 1. The van der Waals surface area contributed by atoms with Gasteiger partial charge in [-0.05, 0) is 31.0 Å². The summed E-state index contributed by atoms with van der Waals surface area (Å²) < 4.78 is 53.6. The van der Waals surface area contributed by atoms with E-state index in [0.717, 1.165) is 12.5 Å². The van der Waals surface area contributed by atoms with Crippen molar-refractivity contribution in [2.75, 3.05) is 16.8 Å². The summed E-state index contributed by atoms with van der Waals surface area (Å²) in [5.41, 5.74) is -1.01. The number of carbonyl (C=O) groups is 1. The van der Waals surface area contributed by atoms with Crippen LogP contribution in [0.15, 0.2) is 24.3 Å². The number of halogens is 4. The first-order valence-corrected chi connectivity index (χ1v) is 8.13. The van der Waals surface area contributed by atoms with E-state index < -0.39 is 23.7 Å². The smallest absolute Gasteiger partial charge is 0.433 e. The number of anilines is 3. The Labute approximate surface area is 151 Å². The third-order valence-electron chi connectivity index (χ3n) is 4.23. The molecule has 1 aliphatic rings. The minimum atomic E-state index is -4.69. The maximum atomic E-state index is 14.0. The van der Waals surface area contributed by atoms with Crippen molar-refractivity contribution in [1.82, 2.24) is 9.97 Å². The van der Waals surface area contributed by atoms with E-state index in [9.17, 15) is 22.4 Å². The van der Waals surface area contributed by atoms with Gasteiger partial charge in [0.25, 0.3) is 0 Å². The number of benzene rings is 1. The second kappa shape index (κ2) is 7.01. The molecule has 1 saturated heterocycles. The monoisotopic (exact) mass is 384 g/mol. The van der Waals surface area contributed by atoms with Crippen molar-refractivity contribution in [3.63, 3.8) is 0 Å². The van der Waals surface area contributed by atoms with Gasteiger partial charge in [-0.15, -0.1) is 0 Å². The van der Waals surface area contributed by atoms with Crippen LogP contribution in [0.3, 0.4) is 0 Å². The third kappa shape index (κ3) is 4.26. The fourth-order valence-corrected chi connectivity index (χ4v) is 2.68. The molecular formula is C17H16F4N4O2. The van der Waals surface area contributed by atoms with Crippen molar-refractivity contribution in [3.05, 3.63) is 41.3 Å². The van der Waals surface area contributed by atoms with Crippen LogP contribution in [0.5, 0.6) is 0 Å². The molecule has 0 aliphatic carbocycles. The maximum absolute atomic E-state index is 14.0. The largest absolute Gasteiger partial charge is 0.481 e. The lowest BCUT2D eigenvalue weighted by molar-refractivity contribution is -0.141. The van der Waals surface area contributed by atoms with E-state index in [2.05, 4.69) is 15.3 Å². The van der Waals surface area contributed by atoms with Gasteiger partial charge in [-0.25, -0.2) is 9.37 Å². The number of nitrogens with zero attached hydrogens (tertiary/aromatic N) is 3. The third-order valence-corrected chi connectivity index (χ3v) is 4.23. The minimum Gasteiger partial charge on any atom is -0.481 e. The summed E-state index contributed by atoms with van der Waals surface area (Å²) in [6.45, 7) is 2.37. The van der Waals surface area contributed by atoms with E-state index in [4.69, 9.17) is 5.11 Å². The standard InChI is InChI=1S/C17H16F4N4O2/c1-9-4-5-25(9)16-23-13(17(19,20)21)8-14(24-16)22-12-6-10(7-15(26)27)2-3-11(12)18/h2-3,6,8-9H,4-5,7H2,1H3,(H,26,27)(H,22,23,24)/t9-/m0/s1. The molecule has 1 aromatic heterocycles. The normalized spacial score (nSPS) is 16.8. The molecule has 0 radical (unpaired) electrons. The minimum absolute atomic E-state index is 0.0111. The predicted molar refractivity (Wildman–Crippen MR) is 89.5 cm³/mol. The Morgan fingerprint density at radius 1 is 1.33 bits per heavy atom. The highest BCUT2D eigenvalue weighted by Gasteiger charge is 2.36. The summed E-state index contributed by atoms with van der Waals surface area (Å²) >= 11 is 0. The number of nitrogens with one attached hydrogen (secondary N) is 1. The van der Waals surface area contributed by atoms with Gasteiger partial charge < -0.3 is 15.3 Å². The van der Waals surface area contributed by atoms with E-state index in [0.29, 0.717) is 18.2 Å². The molecule has 1 aromatic carbocycles. The van der Waals surface area contributed by atoms with Crippen molar-refractivity contribution in [2.24, 2.45) is 0 Å². The SMILES string of the molecule is C[C@H]1CCN1c1nc(Nc2cc(CC(=O)O)ccc2F)cc(C(F)(F)F)n1. The Morgan fingerprint density at radius 3 is 2.63 bits per heavy atom. The van der Waals surface area contributed by atoms with Crippen LogP contribution in [0.25, 0.3) is 0 Å². The van der Waals surface area contributed by atoms with E-state index in [1.165, 1.54) is 12.1 Å². The number of carboxylic acid groups (broad SMARTS) is 1. The van der Waals surface area contributed by atoms with Gasteiger partial charge in [0, 0.05) is 18.7 Å². The Hall–Kier alpha value is -2.91. The van der Waals surface area contributed by atoms with Crippen LogP contribution in [0.1, 0.15) is 24.6 Å². The van der Waals surface area contributed by atoms with Gasteiger partial charge in [-0.2, -0.15) is 18.2 Å². The van der Waals surface area contributed by atoms with Crippen LogP contribution < -0.4 is 10.2 Å². The maximum Gasteiger partial charge on any atom is 0.433 e. The van der Waals surface area contributed by atoms with Crippen LogP contribution in [0.2, 0.25) is 0 Å². The highest BCUT2D eigenvalue weighted by Crippen LogP contribution is 2.33. The second-order valence-corrected chi connectivity index (χ2v) is 6.28. The molecule has 2 aromatic rings. The zero-order valence-corrected chi connectivity index (χ0v) is 14.2. The predicted octanol–water partition coefficient (Wildman–Crippen LogP) is 3.60. The Bertz CT molecular complexity index is 872. The van der Waals surface area contributed by atoms with Crippen LogP contribution in [0, 0.1) is 5.82 Å². The molecule has 0 bridgehead atoms. The molecule has 1 atom stereocenters. The van der Waals surface area contributed by atoms with E-state index in [1.807, 2.05) is 6.92 Å². The highest BCUT2D eigenvalue weighted by atomic mass is 19.4. The van der Waals surface area contributed by atoms with Crippen LogP contribution >= 0.6 is 0 Å². The van der Waals surface area contributed by atoms with Gasteiger partial charge >= 0.3 is 12.1 Å². The molecule has 2 N–H and O–H groups in total. The quantitative estimate of drug-likeness (QED) is 0.767. The van der Waals surface area contributed by atoms with Crippen LogP contribution in [-0.4, -0.2) is 33.6 Å². The Kier molecular flexibility index (Phi) is 4.90. The first kappa shape index (κ1) is 18.9. The molecule has 0 spiro atoms. The number of aromatic nitrogens is 2. The topological polar surface area (TPSA) is 78.4 Å². The second-order valence-electron chi connectivity index (χ2n) is 6.28. The molecule has 1 aliphatic heterocycles. The molecule has 6 nitrogen and oxygen atoms in total. The Morgan fingerprint density at radius 2 is 2.07 bits per heavy atom. The van der Waals surface area contributed by atoms with Crippen LogP contribution in [0.4, 0.5) is 35.0 Å². The zero-order valence-electron chi connectivity index (χ0n) is 14.2. The molecule has 144 valence electrons. The fraction of sp³-hybridized carbons (Fsp3) is 0.353. The van der Waals surface area contributed by atoms with Gasteiger partial charge in [0.2, 0.25) is 5.95 Å². The summed E-state index contributed by atoms with van der Waals surface area (Å²) in [6.07, 6.45) is -4.22. The van der Waals surface area contributed by atoms with Crippen LogP contribution in [-0.2, 0) is 17.4 Å². The number of alkyl halides is 3. The molecular weight excluding hydrogens is 368 g/mol. The molecule has 10 heteroatoms. The lowest BCUT2D eigenvalue weighted by atomic mass is 10.1. The summed E-state index contributed by atoms with van der Waals surface area (Å²) in [4.78, 5) is 20.1. The average Bonchev–Trinajstić information content (AvgIpc) is 2.55. The molecule has 3 rings (SSSR count). The zero-order chi connectivity index (χ0) is 19.8. The summed E-state index contributed by atoms with van der Waals surface area (Å²) in [5.74, 6) is -2.16. The lowest BCUT2D eigenvalue weighted by Gasteiger charge is -2.38. The van der Waals surface area contributed by atoms with Crippen molar-refractivity contribution in [1.29, 1.82) is 0 Å². The lowest BCUT2D eigenvalue weighted by Crippen LogP contribution is -2.47. The van der Waals surface area contributed by atoms with E-state index in [1.54, 1.807) is 4.90 Å². The summed E-state index contributed by atoms with van der Waals surface area (Å²) in [7, 11) is 0. The van der Waals surface area contributed by atoms with Gasteiger partial charge in [0.15, 0.2) is 5.69 Å². The van der Waals surface area contributed by atoms with Crippen molar-refractivity contribution in [2.45, 2.75) is 32.0 Å². The molecule has 0 saturated carbocycles. The number of hydrogen-bond donors (Lipinski definition) is 2. The first-order chi connectivity index (χ1) is 12.6. The molecule has 2 heterocycles. The molecule has 0 amide bonds. The summed E-state index contributed by atoms with van der Waals surface area (Å²) in [6, 6.07) is 4.27. The number of rotatable bonds is 5. The van der Waals surface area contributed by atoms with E-state index >= 15 is 0 Å². The average molecular weight is 384 g/mol. The Balaban J connectivity index is 1.96. The van der Waals surface area contributed by atoms with Crippen molar-refractivity contribution < 1.29 is 27.5 Å². The first-order valence-electron chi connectivity index (χ1n) is 8.13. The fourth-order valence-electron chi connectivity index (χ4n) is 2.68. The van der Waals surface area contributed by atoms with Crippen molar-refractivity contribution in [3.8, 4) is 0 Å². The number of hydrogen-bond acceptors (Lipinski definition) is 5. The molecule has 27 heavy (non-hydrogen) atoms. The van der Waals surface area contributed by atoms with Gasteiger partial charge in [0.1, 0.15) is 11.6 Å². The van der Waals surface area contributed by atoms with Gasteiger partial charge in [-0.1, -0.05) is 6.07 Å². The molecule has 0 unspecified atom stereocenters. The van der Waals surface area contributed by atoms with E-state index in [-0.39, 0.29) is 29.9 Å². The number of aliphatic carboxylic acids is 1. The van der Waals surface area contributed by atoms with Crippen molar-refractivity contribution >= 4 is 23.4 Å². The van der Waals surface area contributed by atoms with Gasteiger partial charge in [-0.3, -0.25) is 4.79 Å². The summed E-state index contributed by atoms with van der Waals surface area (Å²) in [5, 5.41) is 11.3. The molecule has 1 fully saturated rings. The van der Waals surface area contributed by atoms with Gasteiger partial charge in [0.05, 0.1) is 12.1 Å².